The van der Waals surface area contributed by atoms with Gasteiger partial charge in [0.1, 0.15) is 10.8 Å². The van der Waals surface area contributed by atoms with Gasteiger partial charge in [-0.1, -0.05) is 25.1 Å². The number of para-hydroxylation sites is 1. The molecular weight excluding hydrogens is 336 g/mol. The van der Waals surface area contributed by atoms with Crippen molar-refractivity contribution in [3.05, 3.63) is 46.3 Å². The van der Waals surface area contributed by atoms with Gasteiger partial charge in [0.05, 0.1) is 5.56 Å². The first-order valence-electron chi connectivity index (χ1n) is 8.42. The Bertz CT molecular complexity index is 785. The molecule has 6 heteroatoms. The quantitative estimate of drug-likeness (QED) is 0.860. The number of nitrogens with two attached hydrogens (primary N) is 1. The fourth-order valence-corrected chi connectivity index (χ4v) is 4.49. The van der Waals surface area contributed by atoms with Crippen molar-refractivity contribution in [2.75, 3.05) is 5.32 Å². The van der Waals surface area contributed by atoms with E-state index in [1.807, 2.05) is 18.2 Å². The summed E-state index contributed by atoms with van der Waals surface area (Å²) in [6, 6.07) is 9.17. The van der Waals surface area contributed by atoms with Gasteiger partial charge < -0.3 is 15.8 Å². The van der Waals surface area contributed by atoms with Crippen molar-refractivity contribution >= 4 is 28.2 Å². The third-order valence-corrected chi connectivity index (χ3v) is 5.59. The molecule has 3 rings (SSSR count). The number of rotatable bonds is 5. The fraction of sp³-hybridized carbons (Fsp3) is 0.368. The highest BCUT2D eigenvalue weighted by atomic mass is 32.1. The first-order chi connectivity index (χ1) is 12.0. The number of thiophene rings is 1. The van der Waals surface area contributed by atoms with Crippen LogP contribution in [0, 0.1) is 5.92 Å². The highest BCUT2D eigenvalue weighted by Crippen LogP contribution is 2.39. The maximum atomic E-state index is 12.5. The largest absolute Gasteiger partial charge is 0.481 e. The molecule has 0 bridgehead atoms. The lowest BCUT2D eigenvalue weighted by Crippen LogP contribution is -2.30. The van der Waals surface area contributed by atoms with E-state index in [-0.39, 0.29) is 5.91 Å². The van der Waals surface area contributed by atoms with Crippen LogP contribution < -0.4 is 15.8 Å². The van der Waals surface area contributed by atoms with Crippen LogP contribution in [0.4, 0.5) is 5.00 Å². The minimum Gasteiger partial charge on any atom is -0.481 e. The van der Waals surface area contributed by atoms with Gasteiger partial charge in [0.2, 0.25) is 0 Å². The van der Waals surface area contributed by atoms with E-state index in [4.69, 9.17) is 10.5 Å². The predicted octanol–water partition coefficient (Wildman–Crippen LogP) is 3.38. The molecule has 0 unspecified atom stereocenters. The van der Waals surface area contributed by atoms with Crippen LogP contribution in [-0.2, 0) is 17.6 Å². The Kier molecular flexibility index (Phi) is 5.08. The maximum absolute atomic E-state index is 12.5. The average molecular weight is 358 g/mol. The maximum Gasteiger partial charge on any atom is 0.265 e. The number of primary amides is 1. The number of carbonyl (C=O) groups excluding carboxylic acids is 2. The zero-order valence-electron chi connectivity index (χ0n) is 14.4. The zero-order valence-corrected chi connectivity index (χ0v) is 15.2. The number of fused-ring (bicyclic) bond motifs is 1. The first kappa shape index (κ1) is 17.5. The Morgan fingerprint density at radius 1 is 1.32 bits per heavy atom. The summed E-state index contributed by atoms with van der Waals surface area (Å²) in [5.74, 6) is 0.423. The van der Waals surface area contributed by atoms with Gasteiger partial charge in [0.15, 0.2) is 6.10 Å². The topological polar surface area (TPSA) is 81.4 Å². The normalized spacial score (nSPS) is 17.4. The Morgan fingerprint density at radius 3 is 2.72 bits per heavy atom. The second-order valence-electron chi connectivity index (χ2n) is 6.48. The average Bonchev–Trinajstić information content (AvgIpc) is 2.92. The van der Waals surface area contributed by atoms with Gasteiger partial charge >= 0.3 is 0 Å². The van der Waals surface area contributed by atoms with Gasteiger partial charge in [-0.25, -0.2) is 0 Å². The summed E-state index contributed by atoms with van der Waals surface area (Å²) in [4.78, 5) is 25.6. The molecule has 1 heterocycles. The van der Waals surface area contributed by atoms with Gasteiger partial charge in [-0.2, -0.15) is 0 Å². The van der Waals surface area contributed by atoms with E-state index in [0.29, 0.717) is 22.2 Å². The molecular formula is C19H22N2O3S. The molecule has 0 spiro atoms. The number of benzene rings is 1. The minimum atomic E-state index is -0.679. The molecule has 1 aromatic carbocycles. The summed E-state index contributed by atoms with van der Waals surface area (Å²) in [5.41, 5.74) is 7.05. The molecule has 1 aliphatic rings. The van der Waals surface area contributed by atoms with Crippen LogP contribution in [0.15, 0.2) is 30.3 Å². The van der Waals surface area contributed by atoms with Gasteiger partial charge in [-0.3, -0.25) is 9.59 Å². The number of anilines is 1. The summed E-state index contributed by atoms with van der Waals surface area (Å²) in [6.45, 7) is 3.88. The molecule has 0 fully saturated rings. The molecule has 3 N–H and O–H groups in total. The third kappa shape index (κ3) is 3.85. The minimum absolute atomic E-state index is 0.294. The Balaban J connectivity index is 1.78. The predicted molar refractivity (Wildman–Crippen MR) is 99.2 cm³/mol. The van der Waals surface area contributed by atoms with Crippen molar-refractivity contribution in [3.8, 4) is 5.75 Å². The highest BCUT2D eigenvalue weighted by molar-refractivity contribution is 7.17. The van der Waals surface area contributed by atoms with Gasteiger partial charge in [0, 0.05) is 4.88 Å². The molecule has 0 aliphatic heterocycles. The highest BCUT2D eigenvalue weighted by Gasteiger charge is 2.28. The molecule has 132 valence electrons. The van der Waals surface area contributed by atoms with Crippen molar-refractivity contribution in [1.82, 2.24) is 0 Å². The molecule has 25 heavy (non-hydrogen) atoms. The van der Waals surface area contributed by atoms with Crippen LogP contribution in [-0.4, -0.2) is 17.9 Å². The fourth-order valence-electron chi connectivity index (χ4n) is 3.07. The van der Waals surface area contributed by atoms with Gasteiger partial charge in [-0.05, 0) is 49.8 Å². The Labute approximate surface area is 151 Å². The Morgan fingerprint density at radius 2 is 2.04 bits per heavy atom. The van der Waals surface area contributed by atoms with Crippen molar-refractivity contribution in [2.45, 2.75) is 39.2 Å². The molecule has 0 saturated heterocycles. The lowest BCUT2D eigenvalue weighted by molar-refractivity contribution is -0.122. The first-order valence-corrected chi connectivity index (χ1v) is 9.24. The van der Waals surface area contributed by atoms with Crippen LogP contribution >= 0.6 is 11.3 Å². The second-order valence-corrected chi connectivity index (χ2v) is 7.59. The third-order valence-electron chi connectivity index (χ3n) is 4.42. The standard InChI is InChI=1S/C19H22N2O3S/c1-11-8-9-14-15(10-11)25-19(16(14)17(20)22)21-18(23)12(2)24-13-6-4-3-5-7-13/h3-7,11-12H,8-10H2,1-2H3,(H2,20,22)(H,21,23)/t11-,12+/m0/s1. The molecule has 1 aliphatic carbocycles. The van der Waals surface area contributed by atoms with Crippen LogP contribution in [0.2, 0.25) is 0 Å². The van der Waals surface area contributed by atoms with Crippen molar-refractivity contribution in [1.29, 1.82) is 0 Å². The summed E-state index contributed by atoms with van der Waals surface area (Å²) in [7, 11) is 0. The molecule has 2 aromatic rings. The van der Waals surface area contributed by atoms with E-state index in [1.165, 1.54) is 11.3 Å². The van der Waals surface area contributed by atoms with E-state index in [0.717, 1.165) is 29.7 Å². The van der Waals surface area contributed by atoms with Crippen molar-refractivity contribution in [3.63, 3.8) is 0 Å². The molecule has 0 saturated carbocycles. The number of ether oxygens (including phenoxy) is 1. The van der Waals surface area contributed by atoms with Gasteiger partial charge in [0.25, 0.3) is 11.8 Å². The van der Waals surface area contributed by atoms with Crippen LogP contribution in [0.1, 0.15) is 41.1 Å². The number of nitrogens with one attached hydrogen (secondary N) is 1. The molecule has 0 radical (unpaired) electrons. The number of hydrogen-bond donors (Lipinski definition) is 2. The number of hydrogen-bond acceptors (Lipinski definition) is 4. The molecule has 2 amide bonds. The summed E-state index contributed by atoms with van der Waals surface area (Å²) < 4.78 is 5.64. The van der Waals surface area contributed by atoms with Crippen molar-refractivity contribution in [2.24, 2.45) is 11.7 Å². The number of amides is 2. The summed E-state index contributed by atoms with van der Waals surface area (Å²) in [6.07, 6.45) is 2.11. The van der Waals surface area contributed by atoms with E-state index in [2.05, 4.69) is 12.2 Å². The molecule has 2 atom stereocenters. The van der Waals surface area contributed by atoms with E-state index in [9.17, 15) is 9.59 Å². The molecule has 5 nitrogen and oxygen atoms in total. The SMILES string of the molecule is C[C@H]1CCc2c(sc(NC(=O)[C@@H](C)Oc3ccccc3)c2C(N)=O)C1. The lowest BCUT2D eigenvalue weighted by atomic mass is 9.88. The summed E-state index contributed by atoms with van der Waals surface area (Å²) in [5, 5.41) is 3.38. The van der Waals surface area contributed by atoms with E-state index in [1.54, 1.807) is 19.1 Å². The second kappa shape index (κ2) is 7.27. The van der Waals surface area contributed by atoms with Crippen LogP contribution in [0.25, 0.3) is 0 Å². The van der Waals surface area contributed by atoms with Crippen molar-refractivity contribution < 1.29 is 14.3 Å². The monoisotopic (exact) mass is 358 g/mol. The summed E-state index contributed by atoms with van der Waals surface area (Å²) >= 11 is 1.46. The van der Waals surface area contributed by atoms with Crippen LogP contribution in [0.5, 0.6) is 5.75 Å². The van der Waals surface area contributed by atoms with E-state index < -0.39 is 12.0 Å². The lowest BCUT2D eigenvalue weighted by Gasteiger charge is -2.18. The molecule has 1 aromatic heterocycles. The smallest absolute Gasteiger partial charge is 0.265 e. The number of carbonyl (C=O) groups is 2. The zero-order chi connectivity index (χ0) is 18.0. The van der Waals surface area contributed by atoms with Crippen LogP contribution in [0.3, 0.4) is 0 Å². The Hall–Kier alpha value is -2.34. The van der Waals surface area contributed by atoms with E-state index >= 15 is 0 Å². The van der Waals surface area contributed by atoms with Gasteiger partial charge in [-0.15, -0.1) is 11.3 Å².